The number of anilines is 1. The number of hydrogen-bond donors (Lipinski definition) is 3. The Morgan fingerprint density at radius 3 is 2.69 bits per heavy atom. The van der Waals surface area contributed by atoms with Crippen LogP contribution in [0.5, 0.6) is 0 Å². The molecule has 5 heteroatoms. The summed E-state index contributed by atoms with van der Waals surface area (Å²) in [6, 6.07) is 5.37. The highest BCUT2D eigenvalue weighted by molar-refractivity contribution is 5.79. The number of fused-ring (bicyclic) bond motifs is 1. The lowest BCUT2D eigenvalue weighted by Gasteiger charge is -2.27. The van der Waals surface area contributed by atoms with E-state index in [2.05, 4.69) is 4.98 Å². The van der Waals surface area contributed by atoms with Gasteiger partial charge in [-0.15, -0.1) is 0 Å². The third kappa shape index (κ3) is 1.54. The van der Waals surface area contributed by atoms with Crippen LogP contribution in [0.3, 0.4) is 0 Å². The van der Waals surface area contributed by atoms with Crippen molar-refractivity contribution >= 4 is 16.7 Å². The summed E-state index contributed by atoms with van der Waals surface area (Å²) < 4.78 is 1.77. The van der Waals surface area contributed by atoms with E-state index in [1.807, 2.05) is 6.07 Å². The quantitative estimate of drug-likeness (QED) is 0.652. The Labute approximate surface area is 93.1 Å². The van der Waals surface area contributed by atoms with Crippen LogP contribution in [-0.4, -0.2) is 33.0 Å². The van der Waals surface area contributed by atoms with E-state index in [9.17, 15) is 10.2 Å². The molecule has 0 unspecified atom stereocenters. The maximum absolute atomic E-state index is 9.34. The van der Waals surface area contributed by atoms with Crippen LogP contribution < -0.4 is 5.73 Å². The molecule has 0 radical (unpaired) electrons. The average Bonchev–Trinajstić information content (AvgIpc) is 2.71. The number of aliphatic hydroxyl groups is 2. The Kier molecular flexibility index (Phi) is 2.57. The normalized spacial score (nSPS) is 12.2. The molecular formula is C11H15N3O2. The molecule has 1 heterocycles. The van der Waals surface area contributed by atoms with Crippen LogP contribution in [0.2, 0.25) is 0 Å². The van der Waals surface area contributed by atoms with Crippen molar-refractivity contribution < 1.29 is 10.2 Å². The summed E-state index contributed by atoms with van der Waals surface area (Å²) in [5.41, 5.74) is 7.16. The zero-order valence-corrected chi connectivity index (χ0v) is 9.09. The third-order valence-corrected chi connectivity index (χ3v) is 2.83. The van der Waals surface area contributed by atoms with Gasteiger partial charge in [0.15, 0.2) is 0 Å². The lowest BCUT2D eigenvalue weighted by Crippen LogP contribution is -2.37. The van der Waals surface area contributed by atoms with Crippen LogP contribution in [0.25, 0.3) is 11.0 Å². The first-order chi connectivity index (χ1) is 7.60. The first-order valence-electron chi connectivity index (χ1n) is 5.05. The fourth-order valence-electron chi connectivity index (χ4n) is 1.66. The molecular weight excluding hydrogens is 206 g/mol. The number of nitrogen functional groups attached to an aromatic ring is 1. The van der Waals surface area contributed by atoms with Crippen molar-refractivity contribution in [3.8, 4) is 0 Å². The van der Waals surface area contributed by atoms with E-state index in [1.54, 1.807) is 30.0 Å². The summed E-state index contributed by atoms with van der Waals surface area (Å²) in [6.07, 6.45) is 1.61. The van der Waals surface area contributed by atoms with E-state index in [1.165, 1.54) is 0 Å². The molecule has 4 N–H and O–H groups in total. The van der Waals surface area contributed by atoms with Crippen LogP contribution in [0, 0.1) is 0 Å². The minimum Gasteiger partial charge on any atom is -0.399 e. The number of benzene rings is 1. The Hall–Kier alpha value is -1.59. The molecule has 0 bridgehead atoms. The van der Waals surface area contributed by atoms with E-state index in [4.69, 9.17) is 5.73 Å². The van der Waals surface area contributed by atoms with Gasteiger partial charge in [-0.2, -0.15) is 0 Å². The predicted octanol–water partition coefficient (Wildman–Crippen LogP) is 0.318. The van der Waals surface area contributed by atoms with Crippen molar-refractivity contribution in [1.82, 2.24) is 9.55 Å². The number of aromatic nitrogens is 2. The molecule has 16 heavy (non-hydrogen) atoms. The van der Waals surface area contributed by atoms with Gasteiger partial charge in [0, 0.05) is 5.69 Å². The highest BCUT2D eigenvalue weighted by Gasteiger charge is 2.26. The monoisotopic (exact) mass is 221 g/mol. The molecule has 1 aromatic heterocycles. The minimum atomic E-state index is -0.745. The summed E-state index contributed by atoms with van der Waals surface area (Å²) in [5.74, 6) is 0. The molecule has 0 saturated carbocycles. The fourth-order valence-corrected chi connectivity index (χ4v) is 1.66. The van der Waals surface area contributed by atoms with Gasteiger partial charge >= 0.3 is 0 Å². The number of nitrogens with zero attached hydrogens (tertiary/aromatic N) is 2. The Morgan fingerprint density at radius 1 is 1.38 bits per heavy atom. The number of imidazole rings is 1. The van der Waals surface area contributed by atoms with Crippen LogP contribution >= 0.6 is 0 Å². The van der Waals surface area contributed by atoms with Crippen molar-refractivity contribution in [3.63, 3.8) is 0 Å². The van der Waals surface area contributed by atoms with E-state index in [0.717, 1.165) is 11.0 Å². The summed E-state index contributed by atoms with van der Waals surface area (Å²) in [4.78, 5) is 4.20. The van der Waals surface area contributed by atoms with Crippen molar-refractivity contribution in [1.29, 1.82) is 0 Å². The van der Waals surface area contributed by atoms with Crippen molar-refractivity contribution in [2.24, 2.45) is 0 Å². The molecule has 5 nitrogen and oxygen atoms in total. The van der Waals surface area contributed by atoms with Gasteiger partial charge in [0.2, 0.25) is 0 Å². The fraction of sp³-hybridized carbons (Fsp3) is 0.364. The van der Waals surface area contributed by atoms with Crippen LogP contribution in [-0.2, 0) is 5.54 Å². The van der Waals surface area contributed by atoms with Crippen LogP contribution in [0.1, 0.15) is 6.92 Å². The molecule has 0 amide bonds. The Balaban J connectivity index is 2.62. The predicted molar refractivity (Wildman–Crippen MR) is 62.0 cm³/mol. The molecule has 0 aliphatic heterocycles. The summed E-state index contributed by atoms with van der Waals surface area (Å²) >= 11 is 0. The topological polar surface area (TPSA) is 84.3 Å². The maximum atomic E-state index is 9.34. The number of hydrogen-bond acceptors (Lipinski definition) is 4. The molecule has 0 spiro atoms. The molecule has 0 atom stereocenters. The molecule has 86 valence electrons. The average molecular weight is 221 g/mol. The minimum absolute atomic E-state index is 0.153. The SMILES string of the molecule is CC(CO)(CO)n1cnc2cc(N)ccc21. The molecule has 1 aromatic carbocycles. The van der Waals surface area contributed by atoms with Crippen molar-refractivity contribution in [2.45, 2.75) is 12.5 Å². The second kappa shape index (κ2) is 3.77. The second-order valence-electron chi connectivity index (χ2n) is 4.18. The van der Waals surface area contributed by atoms with E-state index in [0.29, 0.717) is 5.69 Å². The number of aliphatic hydroxyl groups excluding tert-OH is 2. The van der Waals surface area contributed by atoms with Gasteiger partial charge < -0.3 is 20.5 Å². The zero-order valence-electron chi connectivity index (χ0n) is 9.09. The molecule has 2 rings (SSSR count). The van der Waals surface area contributed by atoms with E-state index >= 15 is 0 Å². The first kappa shape index (κ1) is 10.9. The second-order valence-corrected chi connectivity index (χ2v) is 4.18. The van der Waals surface area contributed by atoms with Crippen molar-refractivity contribution in [2.75, 3.05) is 18.9 Å². The zero-order chi connectivity index (χ0) is 11.8. The smallest absolute Gasteiger partial charge is 0.0965 e. The maximum Gasteiger partial charge on any atom is 0.0965 e. The van der Waals surface area contributed by atoms with Gasteiger partial charge in [0.25, 0.3) is 0 Å². The van der Waals surface area contributed by atoms with Gasteiger partial charge in [-0.3, -0.25) is 0 Å². The third-order valence-electron chi connectivity index (χ3n) is 2.83. The van der Waals surface area contributed by atoms with Crippen LogP contribution in [0.4, 0.5) is 5.69 Å². The lowest BCUT2D eigenvalue weighted by atomic mass is 10.0. The number of nitrogens with two attached hydrogens (primary N) is 1. The molecule has 0 aliphatic carbocycles. The van der Waals surface area contributed by atoms with Gasteiger partial charge in [-0.05, 0) is 25.1 Å². The van der Waals surface area contributed by atoms with E-state index < -0.39 is 5.54 Å². The summed E-state index contributed by atoms with van der Waals surface area (Å²) in [7, 11) is 0. The number of rotatable bonds is 3. The molecule has 0 aliphatic rings. The highest BCUT2D eigenvalue weighted by atomic mass is 16.3. The Morgan fingerprint density at radius 2 is 2.06 bits per heavy atom. The molecule has 0 fully saturated rings. The largest absolute Gasteiger partial charge is 0.399 e. The van der Waals surface area contributed by atoms with Gasteiger partial charge in [0.05, 0.1) is 36.1 Å². The standard InChI is InChI=1S/C11H15N3O2/c1-11(5-15,6-16)14-7-13-9-4-8(12)2-3-10(9)14/h2-4,7,15-16H,5-6,12H2,1H3. The Bertz CT molecular complexity index is 503. The lowest BCUT2D eigenvalue weighted by molar-refractivity contribution is 0.0809. The first-order valence-corrected chi connectivity index (χ1v) is 5.05. The highest BCUT2D eigenvalue weighted by Crippen LogP contribution is 2.23. The van der Waals surface area contributed by atoms with E-state index in [-0.39, 0.29) is 13.2 Å². The van der Waals surface area contributed by atoms with Crippen molar-refractivity contribution in [3.05, 3.63) is 24.5 Å². The van der Waals surface area contributed by atoms with Gasteiger partial charge in [-0.25, -0.2) is 4.98 Å². The van der Waals surface area contributed by atoms with Crippen LogP contribution in [0.15, 0.2) is 24.5 Å². The summed E-state index contributed by atoms with van der Waals surface area (Å²) in [6.45, 7) is 1.46. The molecule has 2 aromatic rings. The summed E-state index contributed by atoms with van der Waals surface area (Å²) in [5, 5.41) is 18.7. The molecule has 0 saturated heterocycles. The van der Waals surface area contributed by atoms with Gasteiger partial charge in [-0.1, -0.05) is 0 Å². The van der Waals surface area contributed by atoms with Gasteiger partial charge in [0.1, 0.15) is 0 Å².